The number of hydrogen-bond donors (Lipinski definition) is 2. The van der Waals surface area contributed by atoms with E-state index in [2.05, 4.69) is 5.32 Å². The molecule has 0 aliphatic carbocycles. The van der Waals surface area contributed by atoms with Gasteiger partial charge in [0, 0.05) is 12.5 Å². The zero-order chi connectivity index (χ0) is 16.2. The molecule has 1 aromatic rings. The molecular formula is C14H20N2O5. The first-order valence-electron chi connectivity index (χ1n) is 6.53. The number of ether oxygens (including phenoxy) is 1. The van der Waals surface area contributed by atoms with Crippen molar-refractivity contribution in [1.29, 1.82) is 0 Å². The lowest BCUT2D eigenvalue weighted by Gasteiger charge is -2.28. The summed E-state index contributed by atoms with van der Waals surface area (Å²) < 4.78 is 5.68. The molecule has 7 heteroatoms. The number of nitrogens with one attached hydrogen (secondary N) is 1. The quantitative estimate of drug-likeness (QED) is 0.590. The van der Waals surface area contributed by atoms with Crippen LogP contribution < -0.4 is 10.1 Å². The predicted octanol–water partition coefficient (Wildman–Crippen LogP) is 2.12. The smallest absolute Gasteiger partial charge is 0.323 e. The van der Waals surface area contributed by atoms with Gasteiger partial charge in [-0.15, -0.1) is 0 Å². The topological polar surface area (TPSA) is 102 Å². The van der Waals surface area contributed by atoms with E-state index in [4.69, 9.17) is 4.74 Å². The van der Waals surface area contributed by atoms with Gasteiger partial charge in [-0.3, -0.25) is 14.9 Å². The summed E-state index contributed by atoms with van der Waals surface area (Å²) in [7, 11) is 1.57. The fourth-order valence-electron chi connectivity index (χ4n) is 1.96. The number of nitro benzene ring substituents is 1. The minimum atomic E-state index is -1.12. The van der Waals surface area contributed by atoms with Crippen LogP contribution in [0.3, 0.4) is 0 Å². The van der Waals surface area contributed by atoms with Gasteiger partial charge in [0.2, 0.25) is 0 Å². The third kappa shape index (κ3) is 4.16. The van der Waals surface area contributed by atoms with Crippen LogP contribution >= 0.6 is 0 Å². The van der Waals surface area contributed by atoms with Crippen LogP contribution in [0.4, 0.5) is 5.69 Å². The summed E-state index contributed by atoms with van der Waals surface area (Å²) >= 11 is 0. The summed E-state index contributed by atoms with van der Waals surface area (Å²) in [5, 5.41) is 22.7. The third-order valence-corrected chi connectivity index (χ3v) is 3.43. The molecule has 116 valence electrons. The van der Waals surface area contributed by atoms with Gasteiger partial charge in [-0.2, -0.15) is 0 Å². The first kappa shape index (κ1) is 16.9. The highest BCUT2D eigenvalue weighted by Gasteiger charge is 2.33. The highest BCUT2D eigenvalue weighted by atomic mass is 16.6. The number of hydrogen-bond acceptors (Lipinski definition) is 5. The van der Waals surface area contributed by atoms with E-state index >= 15 is 0 Å². The standard InChI is InChI=1S/C14H20N2O5/c1-9-5-6-11(16(19)20)7-12(9)21-10(2)8-14(3,15-4)13(17)18/h5-7,10,15H,8H2,1-4H3,(H,17,18). The number of carbonyl (C=O) groups is 1. The van der Waals surface area contributed by atoms with E-state index in [-0.39, 0.29) is 12.1 Å². The Labute approximate surface area is 123 Å². The van der Waals surface area contributed by atoms with Gasteiger partial charge in [-0.25, -0.2) is 0 Å². The van der Waals surface area contributed by atoms with Crippen molar-refractivity contribution in [2.24, 2.45) is 0 Å². The van der Waals surface area contributed by atoms with Crippen LogP contribution in [0.1, 0.15) is 25.8 Å². The first-order chi connectivity index (χ1) is 9.69. The normalized spacial score (nSPS) is 15.0. The fraction of sp³-hybridized carbons (Fsp3) is 0.500. The largest absolute Gasteiger partial charge is 0.490 e. The molecule has 0 radical (unpaired) electrons. The van der Waals surface area contributed by atoms with Crippen LogP contribution in [0.25, 0.3) is 0 Å². The predicted molar refractivity (Wildman–Crippen MR) is 77.6 cm³/mol. The van der Waals surface area contributed by atoms with Gasteiger partial charge in [0.1, 0.15) is 11.3 Å². The molecular weight excluding hydrogens is 276 g/mol. The van der Waals surface area contributed by atoms with Crippen molar-refractivity contribution >= 4 is 11.7 Å². The number of aliphatic carboxylic acids is 1. The maximum atomic E-state index is 11.2. The average molecular weight is 296 g/mol. The average Bonchev–Trinajstić information content (AvgIpc) is 2.40. The van der Waals surface area contributed by atoms with E-state index in [0.29, 0.717) is 5.75 Å². The van der Waals surface area contributed by atoms with Gasteiger partial charge in [0.05, 0.1) is 17.1 Å². The van der Waals surface area contributed by atoms with E-state index in [9.17, 15) is 20.0 Å². The van der Waals surface area contributed by atoms with Gasteiger partial charge in [-0.1, -0.05) is 0 Å². The second kappa shape index (κ2) is 6.53. The number of nitro groups is 1. The third-order valence-electron chi connectivity index (χ3n) is 3.43. The van der Waals surface area contributed by atoms with E-state index in [1.54, 1.807) is 33.9 Å². The molecule has 1 rings (SSSR count). The Morgan fingerprint density at radius 2 is 2.19 bits per heavy atom. The van der Waals surface area contributed by atoms with Crippen LogP contribution in [0.5, 0.6) is 5.75 Å². The molecule has 0 amide bonds. The molecule has 2 unspecified atom stereocenters. The molecule has 21 heavy (non-hydrogen) atoms. The molecule has 7 nitrogen and oxygen atoms in total. The number of rotatable bonds is 7. The molecule has 0 aliphatic heterocycles. The minimum absolute atomic E-state index is 0.0580. The minimum Gasteiger partial charge on any atom is -0.490 e. The second-order valence-corrected chi connectivity index (χ2v) is 5.23. The van der Waals surface area contributed by atoms with E-state index in [1.807, 2.05) is 0 Å². The summed E-state index contributed by atoms with van der Waals surface area (Å²) in [5.74, 6) is -0.586. The van der Waals surface area contributed by atoms with Gasteiger partial charge in [-0.05, 0) is 39.4 Å². The molecule has 2 N–H and O–H groups in total. The molecule has 0 heterocycles. The number of benzene rings is 1. The summed E-state index contributed by atoms with van der Waals surface area (Å²) in [4.78, 5) is 21.5. The highest BCUT2D eigenvalue weighted by molar-refractivity contribution is 5.78. The van der Waals surface area contributed by atoms with Crippen molar-refractivity contribution in [2.45, 2.75) is 38.8 Å². The number of non-ortho nitro benzene ring substituents is 1. The first-order valence-corrected chi connectivity index (χ1v) is 6.53. The van der Waals surface area contributed by atoms with Gasteiger partial charge < -0.3 is 15.2 Å². The Morgan fingerprint density at radius 1 is 1.57 bits per heavy atom. The Kier molecular flexibility index (Phi) is 5.26. The monoisotopic (exact) mass is 296 g/mol. The molecule has 0 saturated heterocycles. The van der Waals surface area contributed by atoms with Gasteiger partial charge in [0.25, 0.3) is 5.69 Å². The molecule has 0 aromatic heterocycles. The molecule has 0 saturated carbocycles. The Balaban J connectivity index is 2.88. The van der Waals surface area contributed by atoms with Crippen LogP contribution in [-0.2, 0) is 4.79 Å². The molecule has 0 bridgehead atoms. The van der Waals surface area contributed by atoms with Crippen LogP contribution in [-0.4, -0.2) is 34.7 Å². The van der Waals surface area contributed by atoms with Gasteiger partial charge >= 0.3 is 5.97 Å². The molecule has 0 spiro atoms. The Hall–Kier alpha value is -2.15. The highest BCUT2D eigenvalue weighted by Crippen LogP contribution is 2.26. The fourth-order valence-corrected chi connectivity index (χ4v) is 1.96. The van der Waals surface area contributed by atoms with Crippen LogP contribution in [0.2, 0.25) is 0 Å². The lowest BCUT2D eigenvalue weighted by Crippen LogP contribution is -2.50. The van der Waals surface area contributed by atoms with Crippen molar-refractivity contribution in [3.8, 4) is 5.75 Å². The summed E-state index contributed by atoms with van der Waals surface area (Å²) in [6.45, 7) is 5.08. The lowest BCUT2D eigenvalue weighted by molar-refractivity contribution is -0.385. The second-order valence-electron chi connectivity index (χ2n) is 5.23. The number of likely N-dealkylation sites (N-methyl/N-ethyl adjacent to an activating group) is 1. The van der Waals surface area contributed by atoms with Crippen LogP contribution in [0, 0.1) is 17.0 Å². The van der Waals surface area contributed by atoms with Gasteiger partial charge in [0.15, 0.2) is 0 Å². The summed E-state index contributed by atoms with van der Waals surface area (Å²) in [6.07, 6.45) is -0.194. The Morgan fingerprint density at radius 3 is 2.67 bits per heavy atom. The SMILES string of the molecule is CNC(C)(CC(C)Oc1cc([N+](=O)[O-])ccc1C)C(=O)O. The zero-order valence-electron chi connectivity index (χ0n) is 12.5. The van der Waals surface area contributed by atoms with E-state index < -0.39 is 22.5 Å². The number of nitrogens with zero attached hydrogens (tertiary/aromatic N) is 1. The summed E-state index contributed by atoms with van der Waals surface area (Å²) in [5.41, 5.74) is -0.417. The number of carboxylic acids is 1. The Bertz CT molecular complexity index is 546. The number of carboxylic acid groups (broad SMARTS) is 1. The van der Waals surface area contributed by atoms with Crippen molar-refractivity contribution in [3.05, 3.63) is 33.9 Å². The molecule has 0 fully saturated rings. The maximum absolute atomic E-state index is 11.2. The van der Waals surface area contributed by atoms with Crippen molar-refractivity contribution < 1.29 is 19.6 Å². The van der Waals surface area contributed by atoms with E-state index in [0.717, 1.165) is 5.56 Å². The zero-order valence-corrected chi connectivity index (χ0v) is 12.5. The lowest BCUT2D eigenvalue weighted by atomic mass is 9.95. The van der Waals surface area contributed by atoms with Crippen LogP contribution in [0.15, 0.2) is 18.2 Å². The molecule has 0 aliphatic rings. The molecule has 1 aromatic carbocycles. The molecule has 2 atom stereocenters. The van der Waals surface area contributed by atoms with E-state index in [1.165, 1.54) is 12.1 Å². The summed E-state index contributed by atoms with van der Waals surface area (Å²) in [6, 6.07) is 4.36. The number of aryl methyl sites for hydroxylation is 1. The van der Waals surface area contributed by atoms with Crippen molar-refractivity contribution in [1.82, 2.24) is 5.32 Å². The maximum Gasteiger partial charge on any atom is 0.323 e. The van der Waals surface area contributed by atoms with Crippen molar-refractivity contribution in [2.75, 3.05) is 7.05 Å². The van der Waals surface area contributed by atoms with Crippen molar-refractivity contribution in [3.63, 3.8) is 0 Å².